The molecule has 9 nitrogen and oxygen atoms in total. The first kappa shape index (κ1) is 26.5. The van der Waals surface area contributed by atoms with Gasteiger partial charge in [-0.05, 0) is 42.5 Å². The number of anilines is 3. The van der Waals surface area contributed by atoms with Crippen LogP contribution in [0.15, 0.2) is 60.8 Å². The van der Waals surface area contributed by atoms with Crippen LogP contribution in [-0.4, -0.2) is 59.3 Å². The van der Waals surface area contributed by atoms with E-state index in [9.17, 15) is 18.7 Å². The minimum Gasteiger partial charge on any atom is -0.497 e. The smallest absolute Gasteiger partial charge is 0.258 e. The maximum absolute atomic E-state index is 14.8. The molecule has 1 saturated heterocycles. The number of methoxy groups -OCH3 is 2. The molecule has 0 spiro atoms. The van der Waals surface area contributed by atoms with Crippen molar-refractivity contribution in [3.05, 3.63) is 89.2 Å². The third-order valence-electron chi connectivity index (χ3n) is 7.25. The van der Waals surface area contributed by atoms with Crippen LogP contribution in [0.2, 0.25) is 0 Å². The van der Waals surface area contributed by atoms with Crippen molar-refractivity contribution in [3.8, 4) is 22.8 Å². The van der Waals surface area contributed by atoms with Crippen molar-refractivity contribution in [1.82, 2.24) is 14.9 Å². The number of carbonyl (C=O) groups is 1. The zero-order chi connectivity index (χ0) is 28.7. The van der Waals surface area contributed by atoms with Gasteiger partial charge in [0.05, 0.1) is 73.5 Å². The number of β-amino-alcohol motifs (C(OH)–C–C–N with tert-alkyl or cyclic N) is 1. The van der Waals surface area contributed by atoms with E-state index in [2.05, 4.69) is 15.3 Å². The molecule has 0 bridgehead atoms. The van der Waals surface area contributed by atoms with Gasteiger partial charge in [-0.3, -0.25) is 4.79 Å². The Morgan fingerprint density at radius 3 is 2.46 bits per heavy atom. The summed E-state index contributed by atoms with van der Waals surface area (Å²) in [5.74, 6) is -0.188. The summed E-state index contributed by atoms with van der Waals surface area (Å²) in [7, 11) is 3.10. The van der Waals surface area contributed by atoms with Crippen molar-refractivity contribution < 1.29 is 28.2 Å². The Hall–Kier alpha value is -4.77. The van der Waals surface area contributed by atoms with Gasteiger partial charge in [-0.1, -0.05) is 6.07 Å². The van der Waals surface area contributed by atoms with Crippen molar-refractivity contribution in [1.29, 1.82) is 0 Å². The molecule has 4 aromatic rings. The summed E-state index contributed by atoms with van der Waals surface area (Å²) in [6.45, 7) is 1.42. The summed E-state index contributed by atoms with van der Waals surface area (Å²) >= 11 is 0. The van der Waals surface area contributed by atoms with E-state index in [1.807, 2.05) is 17.0 Å². The van der Waals surface area contributed by atoms with E-state index in [0.29, 0.717) is 47.4 Å². The highest BCUT2D eigenvalue weighted by Gasteiger charge is 2.34. The highest BCUT2D eigenvalue weighted by atomic mass is 19.1. The van der Waals surface area contributed by atoms with Gasteiger partial charge in [0.2, 0.25) is 0 Å². The predicted octanol–water partition coefficient (Wildman–Crippen LogP) is 4.52. The number of amides is 1. The molecular formula is C30H27F2N5O4. The Balaban J connectivity index is 1.36. The van der Waals surface area contributed by atoms with Gasteiger partial charge in [0.25, 0.3) is 5.91 Å². The molecule has 2 aromatic heterocycles. The third kappa shape index (κ3) is 5.00. The lowest BCUT2D eigenvalue weighted by atomic mass is 10.1. The van der Waals surface area contributed by atoms with Gasteiger partial charge in [0, 0.05) is 24.7 Å². The summed E-state index contributed by atoms with van der Waals surface area (Å²) in [6, 6.07) is 14.0. The number of hydrogen-bond acceptors (Lipinski definition) is 8. The molecule has 2 aliphatic rings. The molecule has 41 heavy (non-hydrogen) atoms. The van der Waals surface area contributed by atoms with Crippen LogP contribution in [0.25, 0.3) is 11.3 Å². The van der Waals surface area contributed by atoms with E-state index in [-0.39, 0.29) is 36.4 Å². The van der Waals surface area contributed by atoms with Crippen LogP contribution in [-0.2, 0) is 13.1 Å². The number of pyridine rings is 2. The highest BCUT2D eigenvalue weighted by molar-refractivity contribution is 6.04. The predicted molar refractivity (Wildman–Crippen MR) is 148 cm³/mol. The second kappa shape index (κ2) is 10.7. The summed E-state index contributed by atoms with van der Waals surface area (Å²) in [4.78, 5) is 26.3. The first-order valence-electron chi connectivity index (χ1n) is 13.0. The van der Waals surface area contributed by atoms with Gasteiger partial charge in [-0.15, -0.1) is 0 Å². The lowest BCUT2D eigenvalue weighted by Gasteiger charge is -2.37. The lowest BCUT2D eigenvalue weighted by Crippen LogP contribution is -2.50. The number of rotatable bonds is 8. The molecule has 0 aliphatic carbocycles. The van der Waals surface area contributed by atoms with E-state index in [0.717, 1.165) is 11.3 Å². The van der Waals surface area contributed by atoms with Crippen molar-refractivity contribution in [2.75, 3.05) is 37.5 Å². The summed E-state index contributed by atoms with van der Waals surface area (Å²) in [5, 5.41) is 12.8. The molecule has 6 rings (SSSR count). The zero-order valence-electron chi connectivity index (χ0n) is 22.4. The number of carbonyl (C=O) groups excluding carboxylic acids is 1. The summed E-state index contributed by atoms with van der Waals surface area (Å²) in [5.41, 5.74) is 2.42. The Bertz CT molecular complexity index is 1610. The quantitative estimate of drug-likeness (QED) is 0.325. The molecule has 210 valence electrons. The first-order chi connectivity index (χ1) is 19.8. The van der Waals surface area contributed by atoms with Gasteiger partial charge in [0.15, 0.2) is 0 Å². The molecule has 11 heteroatoms. The van der Waals surface area contributed by atoms with E-state index in [4.69, 9.17) is 9.47 Å². The van der Waals surface area contributed by atoms with Crippen LogP contribution in [0.4, 0.5) is 26.0 Å². The number of hydrogen-bond donors (Lipinski definition) is 2. The Labute approximate surface area is 235 Å². The molecule has 4 heterocycles. The Kier molecular flexibility index (Phi) is 6.88. The molecule has 2 aliphatic heterocycles. The lowest BCUT2D eigenvalue weighted by molar-refractivity contribution is 0.0766. The number of aromatic nitrogens is 2. The SMILES string of the molecule is COc1ccc(CN2Cc3nc(-c4c(F)cccc4F)cc(Nc4ccc(N5CC(O)C5)cn4)c3C2=O)c(OC)c1. The van der Waals surface area contributed by atoms with Gasteiger partial charge in [-0.2, -0.15) is 0 Å². The Morgan fingerprint density at radius 1 is 1.02 bits per heavy atom. The maximum atomic E-state index is 14.8. The zero-order valence-corrected chi connectivity index (χ0v) is 22.4. The fourth-order valence-corrected chi connectivity index (χ4v) is 5.10. The summed E-state index contributed by atoms with van der Waals surface area (Å²) < 4.78 is 40.3. The average Bonchev–Trinajstić information content (AvgIpc) is 3.26. The van der Waals surface area contributed by atoms with Crippen LogP contribution in [0.5, 0.6) is 11.5 Å². The standard InChI is InChI=1S/C30H27F2N5O4/c1-40-20-8-6-17(26(10-20)41-2)13-37-16-25-29(30(37)39)24(11-23(34-25)28-21(31)4-3-5-22(28)32)35-27-9-7-18(12-33-27)36-14-19(38)15-36/h3-12,19,38H,13-16H2,1-2H3,(H,33,34,35). The molecule has 1 fully saturated rings. The fraction of sp³-hybridized carbons (Fsp3) is 0.233. The number of halogens is 2. The van der Waals surface area contributed by atoms with Crippen LogP contribution >= 0.6 is 0 Å². The molecule has 0 atom stereocenters. The molecule has 0 saturated carbocycles. The topological polar surface area (TPSA) is 100 Å². The van der Waals surface area contributed by atoms with Gasteiger partial charge in [0.1, 0.15) is 29.0 Å². The largest absolute Gasteiger partial charge is 0.497 e. The molecule has 0 unspecified atom stereocenters. The third-order valence-corrected chi connectivity index (χ3v) is 7.25. The number of benzene rings is 2. The van der Waals surface area contributed by atoms with Crippen LogP contribution in [0, 0.1) is 11.6 Å². The number of fused-ring (bicyclic) bond motifs is 1. The van der Waals surface area contributed by atoms with Crippen molar-refractivity contribution in [2.45, 2.75) is 19.2 Å². The summed E-state index contributed by atoms with van der Waals surface area (Å²) in [6.07, 6.45) is 1.31. The normalized spacial score (nSPS) is 14.6. The van der Waals surface area contributed by atoms with E-state index < -0.39 is 11.6 Å². The molecule has 2 N–H and O–H groups in total. The molecular weight excluding hydrogens is 532 g/mol. The monoisotopic (exact) mass is 559 g/mol. The first-order valence-corrected chi connectivity index (χ1v) is 13.0. The van der Waals surface area contributed by atoms with Gasteiger partial charge in [-0.25, -0.2) is 18.7 Å². The van der Waals surface area contributed by atoms with E-state index in [1.54, 1.807) is 43.5 Å². The number of aliphatic hydroxyl groups excluding tert-OH is 1. The molecule has 2 aromatic carbocycles. The minimum absolute atomic E-state index is 0.0599. The number of aliphatic hydroxyl groups is 1. The van der Waals surface area contributed by atoms with Crippen molar-refractivity contribution >= 4 is 23.1 Å². The Morgan fingerprint density at radius 2 is 1.80 bits per heavy atom. The number of nitrogens with zero attached hydrogens (tertiary/aromatic N) is 4. The van der Waals surface area contributed by atoms with E-state index in [1.165, 1.54) is 24.3 Å². The van der Waals surface area contributed by atoms with Crippen LogP contribution in [0.1, 0.15) is 21.6 Å². The van der Waals surface area contributed by atoms with Crippen LogP contribution < -0.4 is 19.7 Å². The van der Waals surface area contributed by atoms with Crippen molar-refractivity contribution in [2.24, 2.45) is 0 Å². The van der Waals surface area contributed by atoms with Crippen molar-refractivity contribution in [3.63, 3.8) is 0 Å². The van der Waals surface area contributed by atoms with E-state index >= 15 is 0 Å². The average molecular weight is 560 g/mol. The molecule has 1 amide bonds. The second-order valence-corrected chi connectivity index (χ2v) is 9.90. The van der Waals surface area contributed by atoms with Crippen LogP contribution in [0.3, 0.4) is 0 Å². The van der Waals surface area contributed by atoms with Gasteiger partial charge >= 0.3 is 0 Å². The fourth-order valence-electron chi connectivity index (χ4n) is 5.10. The second-order valence-electron chi connectivity index (χ2n) is 9.90. The highest BCUT2D eigenvalue weighted by Crippen LogP contribution is 2.37. The maximum Gasteiger partial charge on any atom is 0.258 e. The minimum atomic E-state index is -0.758. The van der Waals surface area contributed by atoms with Gasteiger partial charge < -0.3 is 29.7 Å². The number of ether oxygens (including phenoxy) is 2. The number of nitrogens with one attached hydrogen (secondary N) is 1. The molecule has 0 radical (unpaired) electrons.